The quantitative estimate of drug-likeness (QED) is 0.0524. The van der Waals surface area contributed by atoms with Crippen molar-refractivity contribution in [1.29, 1.82) is 0 Å². The van der Waals surface area contributed by atoms with Crippen LogP contribution in [0.15, 0.2) is 176 Å². The molecule has 0 unspecified atom stereocenters. The van der Waals surface area contributed by atoms with E-state index in [1.807, 2.05) is 29.1 Å². The maximum atomic E-state index is 14.2. The number of hydrogen-bond acceptors (Lipinski definition) is 2. The minimum atomic E-state index is -6.13. The minimum Gasteiger partial charge on any atom is -0.287 e. The van der Waals surface area contributed by atoms with E-state index in [0.29, 0.717) is 0 Å². The number of rotatable bonds is 7. The van der Waals surface area contributed by atoms with Crippen LogP contribution in [0.1, 0.15) is 54.9 Å². The zero-order valence-corrected chi connectivity index (χ0v) is 43.4. The number of aromatic nitrogens is 2. The summed E-state index contributed by atoms with van der Waals surface area (Å²) in [5.74, 6) is 0.0948. The Bertz CT molecular complexity index is 3800. The van der Waals surface area contributed by atoms with E-state index >= 15 is 0 Å². The van der Waals surface area contributed by atoms with Gasteiger partial charge in [-0.05, 0) is 97.7 Å². The Labute approximate surface area is 478 Å². The lowest BCUT2D eigenvalue weighted by Crippen LogP contribution is -2.75. The molecule has 9 aromatic carbocycles. The van der Waals surface area contributed by atoms with Crippen molar-refractivity contribution in [2.75, 3.05) is 0 Å². The molecule has 0 aliphatic rings. The summed E-state index contributed by atoms with van der Waals surface area (Å²) in [6.07, 6.45) is -47.7. The van der Waals surface area contributed by atoms with Crippen LogP contribution in [0.25, 0.3) is 43.1 Å². The van der Waals surface area contributed by atoms with E-state index in [1.54, 1.807) is 12.4 Å². The summed E-state index contributed by atoms with van der Waals surface area (Å²) in [5, 5.41) is 8.81. The average molecular weight is 1260 g/mol. The van der Waals surface area contributed by atoms with E-state index in [1.165, 1.54) is 10.8 Å². The van der Waals surface area contributed by atoms with Gasteiger partial charge in [-0.25, -0.2) is 0 Å². The lowest BCUT2D eigenvalue weighted by Gasteiger charge is -2.46. The average Bonchev–Trinajstić information content (AvgIpc) is 0.726. The maximum absolute atomic E-state index is 14.2. The molecule has 28 heteroatoms. The third-order valence-corrected chi connectivity index (χ3v) is 14.4. The van der Waals surface area contributed by atoms with Gasteiger partial charge in [-0.1, -0.05) is 97.1 Å². The highest BCUT2D eigenvalue weighted by molar-refractivity contribution is 7.20. The molecule has 0 saturated heterocycles. The molecule has 1 aromatic heterocycles. The monoisotopic (exact) mass is 1260 g/mol. The van der Waals surface area contributed by atoms with Crippen molar-refractivity contribution in [2.45, 2.75) is 56.0 Å². The van der Waals surface area contributed by atoms with Crippen molar-refractivity contribution < 1.29 is 115 Å². The first-order chi connectivity index (χ1) is 40.5. The molecule has 10 rings (SSSR count). The SMILES string of the molecule is FC(F)(F)c1cc([B-](c2cc(C(F)(F)F)cc(C(F)(F)F)c2)(c2cc(C(F)(F)F)cc(C(F)(F)F)c2)c2cc(C(F)(F)F)cc(C(F)(F)F)c2)cc(C(F)(F)F)c1.O=C(C[n+]1ccncc1)c1c2cc3ccccc3cc2cc2cc3ccccc3cc12. The Morgan fingerprint density at radius 2 is 0.545 bits per heavy atom. The minimum absolute atomic E-state index is 0.0948. The fraction of sp³-hybridized carbons (Fsp3) is 0.150. The Morgan fingerprint density at radius 3 is 0.784 bits per heavy atom. The molecule has 0 atom stereocenters. The van der Waals surface area contributed by atoms with E-state index in [9.17, 15) is 110 Å². The van der Waals surface area contributed by atoms with Gasteiger partial charge in [0.05, 0.1) is 56.9 Å². The fourth-order valence-electron chi connectivity index (χ4n) is 10.6. The number of benzene rings is 9. The molecule has 0 radical (unpaired) electrons. The molecule has 0 amide bonds. The molecule has 1 heterocycles. The number of ketones is 1. The first kappa shape index (κ1) is 63.7. The van der Waals surface area contributed by atoms with E-state index in [4.69, 9.17) is 0 Å². The first-order valence-corrected chi connectivity index (χ1v) is 25.0. The zero-order valence-electron chi connectivity index (χ0n) is 43.4. The molecular formula is C60H31BF24N2O. The molecule has 0 aliphatic heterocycles. The highest BCUT2D eigenvalue weighted by atomic mass is 19.4. The van der Waals surface area contributed by atoms with Gasteiger partial charge in [-0.3, -0.25) is 9.78 Å². The fourth-order valence-corrected chi connectivity index (χ4v) is 10.6. The first-order valence-electron chi connectivity index (χ1n) is 25.0. The van der Waals surface area contributed by atoms with E-state index in [-0.39, 0.29) is 12.3 Å². The van der Waals surface area contributed by atoms with Gasteiger partial charge in [-0.15, -0.1) is 0 Å². The molecule has 0 fully saturated rings. The third-order valence-electron chi connectivity index (χ3n) is 14.4. The predicted molar refractivity (Wildman–Crippen MR) is 275 cm³/mol. The summed E-state index contributed by atoms with van der Waals surface area (Å²) in [5.41, 5.74) is -29.4. The summed E-state index contributed by atoms with van der Waals surface area (Å²) in [6.45, 7) is 0.274. The van der Waals surface area contributed by atoms with Crippen molar-refractivity contribution in [3.8, 4) is 0 Å². The zero-order chi connectivity index (χ0) is 64.7. The van der Waals surface area contributed by atoms with Gasteiger partial charge in [0.2, 0.25) is 12.3 Å². The maximum Gasteiger partial charge on any atom is 0.416 e. The Kier molecular flexibility index (Phi) is 16.0. The van der Waals surface area contributed by atoms with Gasteiger partial charge in [0.15, 0.2) is 12.4 Å². The van der Waals surface area contributed by atoms with Crippen LogP contribution < -0.4 is 26.4 Å². The van der Waals surface area contributed by atoms with Gasteiger partial charge in [0.25, 0.3) is 0 Å². The van der Waals surface area contributed by atoms with Gasteiger partial charge in [0.1, 0.15) is 6.15 Å². The summed E-state index contributed by atoms with van der Waals surface area (Å²) in [6, 6.07) is 18.7. The van der Waals surface area contributed by atoms with Crippen LogP contribution in [-0.4, -0.2) is 16.9 Å². The number of carbonyl (C=O) groups excluding carboxylic acids is 1. The number of alkyl halides is 24. The molecule has 0 spiro atoms. The lowest BCUT2D eigenvalue weighted by atomic mass is 9.12. The number of halogens is 24. The topological polar surface area (TPSA) is 33.8 Å². The van der Waals surface area contributed by atoms with E-state index < -0.39 is 195 Å². The summed E-state index contributed by atoms with van der Waals surface area (Å²) in [4.78, 5) is 17.7. The van der Waals surface area contributed by atoms with Gasteiger partial charge in [-0.2, -0.15) is 132 Å². The number of fused-ring (bicyclic) bond motifs is 4. The van der Waals surface area contributed by atoms with Crippen molar-refractivity contribution >= 4 is 76.9 Å². The van der Waals surface area contributed by atoms with Gasteiger partial charge in [0, 0.05) is 5.56 Å². The molecule has 0 N–H and O–H groups in total. The van der Waals surface area contributed by atoms with E-state index in [0.717, 1.165) is 37.9 Å². The number of nitrogens with zero attached hydrogens (tertiary/aromatic N) is 2. The number of carbonyl (C=O) groups is 1. The van der Waals surface area contributed by atoms with Crippen LogP contribution >= 0.6 is 0 Å². The third kappa shape index (κ3) is 13.1. The molecule has 3 nitrogen and oxygen atoms in total. The molecule has 10 aromatic rings. The Morgan fingerprint density at radius 1 is 0.318 bits per heavy atom. The van der Waals surface area contributed by atoms with Crippen LogP contribution in [0, 0.1) is 0 Å². The predicted octanol–water partition coefficient (Wildman–Crippen LogP) is 17.1. The number of Topliss-reactive ketones (excluding diaryl/α,β-unsaturated/α-hetero) is 1. The molecular weight excluding hydrogens is 1230 g/mol. The standard InChI is InChI=1S/C32H12BF24.C28H19N2O/c34-25(35,36)13-1-14(26(37,38)39)6-21(5-13)33(22-7-15(27(40,41)42)2-16(8-22)28(43,44)45,23-9-17(29(46,47)48)3-18(10-23)30(49,50)51)24-11-19(31(52,53)54)4-20(12-24)32(55,56)57;31-27(18-30-11-9-29-10-12-30)28-25-16-21-7-3-1-5-19(21)13-23(25)15-24-14-20-6-2-4-8-22(20)17-26(24)28/h1-12H;1-17H,18H2/q-1;+1. The molecule has 0 saturated carbocycles. The normalized spacial score (nSPS) is 13.3. The lowest BCUT2D eigenvalue weighted by molar-refractivity contribution is -0.683. The van der Waals surface area contributed by atoms with Gasteiger partial charge >= 0.3 is 49.4 Å². The molecule has 0 aliphatic carbocycles. The van der Waals surface area contributed by atoms with Crippen LogP contribution in [0.4, 0.5) is 105 Å². The Hall–Kier alpha value is -8.85. The van der Waals surface area contributed by atoms with Crippen LogP contribution in [0.2, 0.25) is 0 Å². The summed E-state index contributed by atoms with van der Waals surface area (Å²) in [7, 11) is 0. The second kappa shape index (κ2) is 22.1. The second-order valence-electron chi connectivity index (χ2n) is 20.2. The van der Waals surface area contributed by atoms with Crippen molar-refractivity contribution in [3.05, 3.63) is 227 Å². The van der Waals surface area contributed by atoms with Crippen LogP contribution in [-0.2, 0) is 56.0 Å². The highest BCUT2D eigenvalue weighted by Crippen LogP contribution is 2.42. The second-order valence-corrected chi connectivity index (χ2v) is 20.2. The largest absolute Gasteiger partial charge is 0.416 e. The summed E-state index contributed by atoms with van der Waals surface area (Å²) >= 11 is 0. The molecule has 88 heavy (non-hydrogen) atoms. The van der Waals surface area contributed by atoms with E-state index in [2.05, 4.69) is 71.7 Å². The highest BCUT2D eigenvalue weighted by Gasteiger charge is 2.47. The van der Waals surface area contributed by atoms with Crippen molar-refractivity contribution in [3.63, 3.8) is 0 Å². The Balaban J connectivity index is 0.000000246. The van der Waals surface area contributed by atoms with Crippen molar-refractivity contribution in [2.24, 2.45) is 0 Å². The van der Waals surface area contributed by atoms with Crippen LogP contribution in [0.3, 0.4) is 0 Å². The molecule has 458 valence electrons. The number of hydrogen-bond donors (Lipinski definition) is 0. The summed E-state index contributed by atoms with van der Waals surface area (Å²) < 4.78 is 343. The van der Waals surface area contributed by atoms with Crippen molar-refractivity contribution in [1.82, 2.24) is 4.98 Å². The van der Waals surface area contributed by atoms with Gasteiger partial charge < -0.3 is 0 Å². The smallest absolute Gasteiger partial charge is 0.287 e. The molecule has 0 bridgehead atoms. The van der Waals surface area contributed by atoms with Crippen LogP contribution in [0.5, 0.6) is 0 Å².